The number of hydrogen-bond acceptors (Lipinski definition) is 2. The molecule has 0 aromatic carbocycles. The normalized spacial score (nSPS) is 35.9. The van der Waals surface area contributed by atoms with Crippen molar-refractivity contribution in [3.05, 3.63) is 12.3 Å². The largest absolute Gasteiger partial charge is 0.478 e. The van der Waals surface area contributed by atoms with Gasteiger partial charge < -0.3 is 10.4 Å². The lowest BCUT2D eigenvalue weighted by molar-refractivity contribution is -0.131. The van der Waals surface area contributed by atoms with E-state index in [1.807, 2.05) is 0 Å². The topological polar surface area (TPSA) is 49.3 Å². The quantitative estimate of drug-likeness (QED) is 0.696. The molecule has 0 heterocycles. The minimum atomic E-state index is -0.886. The molecule has 3 heteroatoms. The number of carbonyl (C=O) groups is 1. The molecule has 84 valence electrons. The molecule has 0 radical (unpaired) electrons. The van der Waals surface area contributed by atoms with Gasteiger partial charge in [-0.05, 0) is 43.9 Å². The zero-order chi connectivity index (χ0) is 10.8. The molecule has 4 atom stereocenters. The van der Waals surface area contributed by atoms with Crippen LogP contribution in [-0.2, 0) is 4.79 Å². The summed E-state index contributed by atoms with van der Waals surface area (Å²) < 4.78 is 0. The molecule has 0 amide bonds. The van der Waals surface area contributed by atoms with E-state index in [2.05, 4.69) is 12.2 Å². The molecule has 2 bridgehead atoms. The van der Waals surface area contributed by atoms with Gasteiger partial charge in [0.15, 0.2) is 0 Å². The fourth-order valence-electron chi connectivity index (χ4n) is 3.30. The van der Waals surface area contributed by atoms with E-state index in [-0.39, 0.29) is 0 Å². The first-order valence-corrected chi connectivity index (χ1v) is 5.82. The molecule has 2 N–H and O–H groups in total. The summed E-state index contributed by atoms with van der Waals surface area (Å²) in [6.45, 7) is 2.16. The van der Waals surface area contributed by atoms with Crippen molar-refractivity contribution < 1.29 is 9.90 Å². The van der Waals surface area contributed by atoms with Crippen LogP contribution in [-0.4, -0.2) is 17.1 Å². The van der Waals surface area contributed by atoms with E-state index in [1.54, 1.807) is 6.20 Å². The predicted molar refractivity (Wildman–Crippen MR) is 58.3 cm³/mol. The lowest BCUT2D eigenvalue weighted by atomic mass is 9.84. The summed E-state index contributed by atoms with van der Waals surface area (Å²) in [5.74, 6) is 1.70. The van der Waals surface area contributed by atoms with Crippen molar-refractivity contribution in [3.63, 3.8) is 0 Å². The highest BCUT2D eigenvalue weighted by Crippen LogP contribution is 2.49. The van der Waals surface area contributed by atoms with Crippen molar-refractivity contribution in [2.45, 2.75) is 38.6 Å². The van der Waals surface area contributed by atoms with Crippen LogP contribution < -0.4 is 5.32 Å². The Morgan fingerprint density at radius 3 is 2.80 bits per heavy atom. The van der Waals surface area contributed by atoms with Crippen molar-refractivity contribution in [3.8, 4) is 0 Å². The number of carboxylic acids is 1. The van der Waals surface area contributed by atoms with Crippen LogP contribution in [0.4, 0.5) is 0 Å². The second-order valence-electron chi connectivity index (χ2n) is 4.97. The van der Waals surface area contributed by atoms with E-state index in [1.165, 1.54) is 31.8 Å². The van der Waals surface area contributed by atoms with Gasteiger partial charge in [0.2, 0.25) is 0 Å². The Morgan fingerprint density at radius 2 is 2.27 bits per heavy atom. The zero-order valence-corrected chi connectivity index (χ0v) is 9.15. The summed E-state index contributed by atoms with van der Waals surface area (Å²) in [6, 6.07) is 0.413. The fraction of sp³-hybridized carbons (Fsp3) is 0.750. The maximum Gasteiger partial charge on any atom is 0.329 e. The van der Waals surface area contributed by atoms with Gasteiger partial charge in [-0.2, -0.15) is 0 Å². The van der Waals surface area contributed by atoms with E-state index >= 15 is 0 Å². The van der Waals surface area contributed by atoms with Crippen molar-refractivity contribution in [2.24, 2.45) is 17.8 Å². The monoisotopic (exact) mass is 209 g/mol. The van der Waals surface area contributed by atoms with Gasteiger partial charge in [0.05, 0.1) is 0 Å². The second kappa shape index (κ2) is 4.25. The Morgan fingerprint density at radius 1 is 1.47 bits per heavy atom. The number of aliphatic carboxylic acids is 1. The summed E-state index contributed by atoms with van der Waals surface area (Å²) in [5.41, 5.74) is 0. The zero-order valence-electron chi connectivity index (χ0n) is 9.15. The van der Waals surface area contributed by atoms with Gasteiger partial charge >= 0.3 is 5.97 Å². The van der Waals surface area contributed by atoms with E-state index < -0.39 is 5.97 Å². The van der Waals surface area contributed by atoms with Gasteiger partial charge in [-0.15, -0.1) is 0 Å². The molecule has 2 aliphatic rings. The van der Waals surface area contributed by atoms with Crippen molar-refractivity contribution >= 4 is 5.97 Å². The Kier molecular flexibility index (Phi) is 2.98. The van der Waals surface area contributed by atoms with Gasteiger partial charge in [-0.25, -0.2) is 4.79 Å². The highest BCUT2D eigenvalue weighted by molar-refractivity contribution is 5.79. The molecule has 0 aromatic heterocycles. The lowest BCUT2D eigenvalue weighted by Gasteiger charge is -2.27. The number of fused-ring (bicyclic) bond motifs is 2. The van der Waals surface area contributed by atoms with E-state index in [0.29, 0.717) is 6.04 Å². The number of carboxylic acid groups (broad SMARTS) is 1. The van der Waals surface area contributed by atoms with Gasteiger partial charge in [0, 0.05) is 18.3 Å². The second-order valence-corrected chi connectivity index (χ2v) is 4.97. The minimum absolute atomic E-state index is 0.413. The molecule has 2 fully saturated rings. The maximum absolute atomic E-state index is 10.3. The number of hydrogen-bond donors (Lipinski definition) is 2. The Balaban J connectivity index is 1.81. The average molecular weight is 209 g/mol. The molecule has 2 aliphatic carbocycles. The molecule has 2 saturated carbocycles. The molecule has 3 nitrogen and oxygen atoms in total. The Labute approximate surface area is 90.6 Å². The SMILES string of the molecule is CC(N/C=C/C(=O)O)C1CC2CCC1C2. The van der Waals surface area contributed by atoms with Crippen LogP contribution in [0.25, 0.3) is 0 Å². The van der Waals surface area contributed by atoms with Crippen LogP contribution in [0, 0.1) is 17.8 Å². The van der Waals surface area contributed by atoms with E-state index in [4.69, 9.17) is 5.11 Å². The van der Waals surface area contributed by atoms with Gasteiger partial charge in [-0.3, -0.25) is 0 Å². The fourth-order valence-corrected chi connectivity index (χ4v) is 3.30. The molecule has 0 aliphatic heterocycles. The van der Waals surface area contributed by atoms with Gasteiger partial charge in [0.25, 0.3) is 0 Å². The van der Waals surface area contributed by atoms with Crippen LogP contribution in [0.1, 0.15) is 32.6 Å². The van der Waals surface area contributed by atoms with Crippen molar-refractivity contribution in [1.29, 1.82) is 0 Å². The summed E-state index contributed by atoms with van der Waals surface area (Å²) in [4.78, 5) is 10.3. The molecule has 0 aromatic rings. The van der Waals surface area contributed by atoms with Crippen LogP contribution in [0.2, 0.25) is 0 Å². The third-order valence-electron chi connectivity index (χ3n) is 4.02. The third kappa shape index (κ3) is 2.33. The van der Waals surface area contributed by atoms with Crippen LogP contribution in [0.5, 0.6) is 0 Å². The standard InChI is InChI=1S/C12H19NO2/c1-8(13-5-4-12(14)15)11-7-9-2-3-10(11)6-9/h4-5,8-11,13H,2-3,6-7H2,1H3,(H,14,15)/b5-4+. The molecule has 4 unspecified atom stereocenters. The van der Waals surface area contributed by atoms with Gasteiger partial charge in [-0.1, -0.05) is 6.42 Å². The van der Waals surface area contributed by atoms with E-state index in [0.717, 1.165) is 17.8 Å². The highest BCUT2D eigenvalue weighted by atomic mass is 16.4. The Hall–Kier alpha value is -0.990. The summed E-state index contributed by atoms with van der Waals surface area (Å²) in [6.07, 6.45) is 8.27. The maximum atomic E-state index is 10.3. The molecular formula is C12H19NO2. The van der Waals surface area contributed by atoms with E-state index in [9.17, 15) is 4.79 Å². The summed E-state index contributed by atoms with van der Waals surface area (Å²) >= 11 is 0. The highest BCUT2D eigenvalue weighted by Gasteiger charge is 2.41. The summed E-state index contributed by atoms with van der Waals surface area (Å²) in [5, 5.41) is 11.6. The Bertz CT molecular complexity index is 275. The lowest BCUT2D eigenvalue weighted by Crippen LogP contribution is -2.33. The number of nitrogens with one attached hydrogen (secondary N) is 1. The first-order valence-electron chi connectivity index (χ1n) is 5.82. The first kappa shape index (κ1) is 10.5. The molecule has 0 saturated heterocycles. The third-order valence-corrected chi connectivity index (χ3v) is 4.02. The molecule has 0 spiro atoms. The molecular weight excluding hydrogens is 190 g/mol. The summed E-state index contributed by atoms with van der Waals surface area (Å²) in [7, 11) is 0. The van der Waals surface area contributed by atoms with Gasteiger partial charge in [0.1, 0.15) is 0 Å². The van der Waals surface area contributed by atoms with Crippen molar-refractivity contribution in [1.82, 2.24) is 5.32 Å². The molecule has 15 heavy (non-hydrogen) atoms. The molecule has 2 rings (SSSR count). The first-order chi connectivity index (χ1) is 7.16. The van der Waals surface area contributed by atoms with Crippen LogP contribution in [0.15, 0.2) is 12.3 Å². The predicted octanol–water partition coefficient (Wildman–Crippen LogP) is 2.00. The van der Waals surface area contributed by atoms with Crippen LogP contribution in [0.3, 0.4) is 0 Å². The minimum Gasteiger partial charge on any atom is -0.478 e. The number of rotatable bonds is 4. The van der Waals surface area contributed by atoms with Crippen LogP contribution >= 0.6 is 0 Å². The van der Waals surface area contributed by atoms with Crippen molar-refractivity contribution in [2.75, 3.05) is 0 Å². The smallest absolute Gasteiger partial charge is 0.329 e. The average Bonchev–Trinajstić information content (AvgIpc) is 2.77.